The van der Waals surface area contributed by atoms with Gasteiger partial charge >= 0.3 is 0 Å². The van der Waals surface area contributed by atoms with Gasteiger partial charge in [-0.1, -0.05) is 6.42 Å². The van der Waals surface area contributed by atoms with Crippen LogP contribution in [0.15, 0.2) is 53.4 Å². The number of halogens is 1. The third kappa shape index (κ3) is 7.17. The molecule has 1 N–H and O–H groups in total. The Hall–Kier alpha value is -2.65. The van der Waals surface area contributed by atoms with Crippen LogP contribution in [0.4, 0.5) is 10.1 Å². The minimum absolute atomic E-state index is 0.0873. The van der Waals surface area contributed by atoms with Gasteiger partial charge in [0.05, 0.1) is 17.2 Å². The molecule has 0 radical (unpaired) electrons. The van der Waals surface area contributed by atoms with Crippen molar-refractivity contribution < 1.29 is 22.3 Å². The van der Waals surface area contributed by atoms with Crippen LogP contribution in [0.2, 0.25) is 0 Å². The van der Waals surface area contributed by atoms with E-state index < -0.39 is 21.7 Å². The summed E-state index contributed by atoms with van der Waals surface area (Å²) in [6.45, 7) is 5.54. The molecule has 0 aromatic heterocycles. The molecule has 0 atom stereocenters. The molecule has 180 valence electrons. The van der Waals surface area contributed by atoms with Crippen molar-refractivity contribution in [2.24, 2.45) is 0 Å². The first kappa shape index (κ1) is 25.0. The summed E-state index contributed by atoms with van der Waals surface area (Å²) >= 11 is 0. The number of hydrogen-bond acceptors (Lipinski definition) is 5. The summed E-state index contributed by atoms with van der Waals surface area (Å²) in [4.78, 5) is 15.0. The van der Waals surface area contributed by atoms with Gasteiger partial charge in [0, 0.05) is 6.54 Å². The summed E-state index contributed by atoms with van der Waals surface area (Å²) in [5, 5.41) is 2.83. The Morgan fingerprint density at radius 3 is 2.36 bits per heavy atom. The number of piperidine rings is 1. The minimum Gasteiger partial charge on any atom is -0.494 e. The maximum absolute atomic E-state index is 13.3. The third-order valence-corrected chi connectivity index (χ3v) is 7.33. The Morgan fingerprint density at radius 2 is 1.73 bits per heavy atom. The first-order valence-corrected chi connectivity index (χ1v) is 12.8. The topological polar surface area (TPSA) is 79.0 Å². The molecule has 2 aromatic carbocycles. The number of carbonyl (C=O) groups is 1. The van der Waals surface area contributed by atoms with E-state index >= 15 is 0 Å². The average Bonchev–Trinajstić information content (AvgIpc) is 2.82. The number of nitrogens with zero attached hydrogens (tertiary/aromatic N) is 2. The van der Waals surface area contributed by atoms with Crippen LogP contribution in [0.1, 0.15) is 32.6 Å². The fraction of sp³-hybridized carbons (Fsp3) is 0.458. The number of hydrogen-bond donors (Lipinski definition) is 1. The zero-order valence-electron chi connectivity index (χ0n) is 19.0. The maximum Gasteiger partial charge on any atom is 0.264 e. The molecule has 2 aromatic rings. The van der Waals surface area contributed by atoms with Crippen LogP contribution in [0.25, 0.3) is 0 Å². The lowest BCUT2D eigenvalue weighted by Crippen LogP contribution is -2.41. The van der Waals surface area contributed by atoms with Crippen LogP contribution in [-0.2, 0) is 14.8 Å². The molecule has 1 heterocycles. The van der Waals surface area contributed by atoms with Gasteiger partial charge < -0.3 is 15.0 Å². The summed E-state index contributed by atoms with van der Waals surface area (Å²) in [5.74, 6) is -0.330. The van der Waals surface area contributed by atoms with Crippen LogP contribution in [0.5, 0.6) is 5.75 Å². The summed E-state index contributed by atoms with van der Waals surface area (Å²) < 4.78 is 46.4. The molecule has 7 nitrogen and oxygen atoms in total. The Bertz CT molecular complexity index is 991. The van der Waals surface area contributed by atoms with Crippen molar-refractivity contribution >= 4 is 21.6 Å². The van der Waals surface area contributed by atoms with Crippen LogP contribution >= 0.6 is 0 Å². The van der Waals surface area contributed by atoms with Gasteiger partial charge in [-0.05, 0) is 94.4 Å². The minimum atomic E-state index is -4.08. The number of rotatable bonds is 11. The molecule has 1 amide bonds. The maximum atomic E-state index is 13.3. The first-order chi connectivity index (χ1) is 15.9. The van der Waals surface area contributed by atoms with Gasteiger partial charge in [0.1, 0.15) is 18.1 Å². The van der Waals surface area contributed by atoms with E-state index in [4.69, 9.17) is 4.74 Å². The van der Waals surface area contributed by atoms with E-state index in [-0.39, 0.29) is 11.4 Å². The largest absolute Gasteiger partial charge is 0.494 e. The number of ether oxygens (including phenoxy) is 1. The van der Waals surface area contributed by atoms with Gasteiger partial charge in [-0.15, -0.1) is 0 Å². The zero-order chi connectivity index (χ0) is 23.7. The lowest BCUT2D eigenvalue weighted by Gasteiger charge is -2.26. The Labute approximate surface area is 195 Å². The molecular formula is C24H32FN3O4S. The van der Waals surface area contributed by atoms with E-state index in [1.54, 1.807) is 24.3 Å². The number of likely N-dealkylation sites (tertiary alicyclic amines) is 1. The Morgan fingerprint density at radius 1 is 1.06 bits per heavy atom. The van der Waals surface area contributed by atoms with Crippen molar-refractivity contribution in [2.75, 3.05) is 43.6 Å². The highest BCUT2D eigenvalue weighted by Crippen LogP contribution is 2.26. The van der Waals surface area contributed by atoms with E-state index in [1.807, 2.05) is 6.92 Å². The summed E-state index contributed by atoms with van der Waals surface area (Å²) in [5.41, 5.74) is 0.325. The number of sulfonamides is 1. The molecule has 0 unspecified atom stereocenters. The van der Waals surface area contributed by atoms with Crippen molar-refractivity contribution in [2.45, 2.75) is 37.5 Å². The van der Waals surface area contributed by atoms with Gasteiger partial charge in [0.2, 0.25) is 5.91 Å². The lowest BCUT2D eigenvalue weighted by atomic mass is 10.1. The van der Waals surface area contributed by atoms with E-state index in [0.29, 0.717) is 24.6 Å². The number of anilines is 1. The molecule has 0 spiro atoms. The Kier molecular flexibility index (Phi) is 9.08. The molecule has 1 saturated heterocycles. The van der Waals surface area contributed by atoms with Gasteiger partial charge in [0.25, 0.3) is 10.0 Å². The summed E-state index contributed by atoms with van der Waals surface area (Å²) in [7, 11) is -4.08. The van der Waals surface area contributed by atoms with Crippen molar-refractivity contribution in [3.8, 4) is 5.75 Å². The smallest absolute Gasteiger partial charge is 0.264 e. The number of nitrogens with one attached hydrogen (secondary N) is 1. The molecule has 33 heavy (non-hydrogen) atoms. The molecule has 3 rings (SSSR count). The average molecular weight is 478 g/mol. The second-order valence-electron chi connectivity index (χ2n) is 8.00. The van der Waals surface area contributed by atoms with Gasteiger partial charge in [0.15, 0.2) is 0 Å². The first-order valence-electron chi connectivity index (χ1n) is 11.4. The SMILES string of the molecule is CCOc1ccc(N(CC(=O)NCCCN2CCCCC2)S(=O)(=O)c2ccc(F)cc2)cc1. The molecule has 0 saturated carbocycles. The number of benzene rings is 2. The molecule has 0 bridgehead atoms. The van der Waals surface area contributed by atoms with Crippen LogP contribution in [0, 0.1) is 5.82 Å². The van der Waals surface area contributed by atoms with E-state index in [1.165, 1.54) is 31.4 Å². The van der Waals surface area contributed by atoms with E-state index in [0.717, 1.165) is 42.5 Å². The number of carbonyl (C=O) groups excluding carboxylic acids is 1. The molecule has 1 fully saturated rings. The predicted octanol–water partition coefficient (Wildman–Crippen LogP) is 3.41. The van der Waals surface area contributed by atoms with Crippen LogP contribution < -0.4 is 14.4 Å². The molecule has 1 aliphatic heterocycles. The van der Waals surface area contributed by atoms with Crippen LogP contribution in [-0.4, -0.2) is 58.6 Å². The molecule has 9 heteroatoms. The highest BCUT2D eigenvalue weighted by molar-refractivity contribution is 7.92. The quantitative estimate of drug-likeness (QED) is 0.502. The highest BCUT2D eigenvalue weighted by Gasteiger charge is 2.27. The second kappa shape index (κ2) is 12.0. The van der Waals surface area contributed by atoms with E-state index in [9.17, 15) is 17.6 Å². The van der Waals surface area contributed by atoms with Crippen molar-refractivity contribution in [1.29, 1.82) is 0 Å². The van der Waals surface area contributed by atoms with Gasteiger partial charge in [-0.2, -0.15) is 0 Å². The fourth-order valence-electron chi connectivity index (χ4n) is 3.82. The van der Waals surface area contributed by atoms with Crippen molar-refractivity contribution in [3.05, 3.63) is 54.3 Å². The third-order valence-electron chi connectivity index (χ3n) is 5.55. The highest BCUT2D eigenvalue weighted by atomic mass is 32.2. The normalized spacial score (nSPS) is 14.6. The van der Waals surface area contributed by atoms with Crippen molar-refractivity contribution in [3.63, 3.8) is 0 Å². The Balaban J connectivity index is 1.69. The fourth-order valence-corrected chi connectivity index (χ4v) is 5.24. The zero-order valence-corrected chi connectivity index (χ0v) is 19.8. The van der Waals surface area contributed by atoms with Gasteiger partial charge in [-0.3, -0.25) is 9.10 Å². The lowest BCUT2D eigenvalue weighted by molar-refractivity contribution is -0.119. The van der Waals surface area contributed by atoms with Crippen molar-refractivity contribution in [1.82, 2.24) is 10.2 Å². The van der Waals surface area contributed by atoms with Gasteiger partial charge in [-0.25, -0.2) is 12.8 Å². The molecule has 1 aliphatic rings. The summed E-state index contributed by atoms with van der Waals surface area (Å²) in [6, 6.07) is 11.1. The standard InChI is InChI=1S/C24H32FN3O4S/c1-2-32-22-11-9-21(10-12-22)28(33(30,31)23-13-7-20(25)8-14-23)19-24(29)26-15-6-18-27-16-4-3-5-17-27/h7-14H,2-6,15-19H2,1H3,(H,26,29). The monoisotopic (exact) mass is 477 g/mol. The molecule has 0 aliphatic carbocycles. The predicted molar refractivity (Wildman–Crippen MR) is 126 cm³/mol. The molecular weight excluding hydrogens is 445 g/mol. The van der Waals surface area contributed by atoms with Crippen LogP contribution in [0.3, 0.4) is 0 Å². The summed E-state index contributed by atoms with van der Waals surface area (Å²) in [6.07, 6.45) is 4.51. The van der Waals surface area contributed by atoms with E-state index in [2.05, 4.69) is 10.2 Å². The second-order valence-corrected chi connectivity index (χ2v) is 9.86. The number of amides is 1.